The molecule has 0 aliphatic carbocycles. The molecule has 0 aliphatic heterocycles. The summed E-state index contributed by atoms with van der Waals surface area (Å²) >= 11 is 0. The van der Waals surface area contributed by atoms with Gasteiger partial charge in [-0.2, -0.15) is 5.10 Å². The van der Waals surface area contributed by atoms with Crippen LogP contribution in [-0.4, -0.2) is 33.5 Å². The van der Waals surface area contributed by atoms with Gasteiger partial charge in [0.25, 0.3) is 0 Å². The molecule has 6 nitrogen and oxygen atoms in total. The summed E-state index contributed by atoms with van der Waals surface area (Å²) in [5.74, 6) is -1.04. The van der Waals surface area contributed by atoms with Gasteiger partial charge in [0.15, 0.2) is 5.82 Å². The zero-order valence-corrected chi connectivity index (χ0v) is 7.93. The minimum absolute atomic E-state index is 0.0504. The lowest BCUT2D eigenvalue weighted by Crippen LogP contribution is -2.14. The Hall–Kier alpha value is -2.05. The van der Waals surface area contributed by atoms with E-state index in [4.69, 9.17) is 18.7 Å². The summed E-state index contributed by atoms with van der Waals surface area (Å²) in [6, 6.07) is 0. The Balaban J connectivity index is 3.02. The summed E-state index contributed by atoms with van der Waals surface area (Å²) in [7, 11) is 5.66. The first-order valence-corrected chi connectivity index (χ1v) is 4.14. The fraction of sp³-hybridized carbons (Fsp3) is 0.125. The molecule has 0 atom stereocenters. The highest BCUT2D eigenvalue weighted by Gasteiger charge is 2.20. The van der Waals surface area contributed by atoms with Gasteiger partial charge in [0.2, 0.25) is 0 Å². The van der Waals surface area contributed by atoms with E-state index in [2.05, 4.69) is 10.1 Å². The number of carboxylic acid groups (broad SMARTS) is 1. The first-order valence-electron chi connectivity index (χ1n) is 4.14. The number of aryl methyl sites for hydroxylation is 1. The molecule has 0 spiro atoms. The first-order chi connectivity index (χ1) is 7.04. The lowest BCUT2D eigenvalue weighted by molar-refractivity contribution is 0.0700. The van der Waals surface area contributed by atoms with E-state index in [0.717, 1.165) is 0 Å². The highest BCUT2D eigenvalue weighted by Crippen LogP contribution is 2.16. The SMILES string of the molecule is [B]c1c(C(=O)O)c2c(N)ncnn2c1C. The number of carboxylic acids is 1. The Labute approximate surface area is 86.1 Å². The largest absolute Gasteiger partial charge is 0.478 e. The summed E-state index contributed by atoms with van der Waals surface area (Å²) in [6.45, 7) is 1.67. The fourth-order valence-corrected chi connectivity index (χ4v) is 1.49. The fourth-order valence-electron chi connectivity index (χ4n) is 1.49. The van der Waals surface area contributed by atoms with Crippen molar-refractivity contribution in [2.75, 3.05) is 5.73 Å². The van der Waals surface area contributed by atoms with Crippen LogP contribution in [0.2, 0.25) is 0 Å². The number of nitrogen functional groups attached to an aromatic ring is 1. The van der Waals surface area contributed by atoms with Crippen molar-refractivity contribution in [3.63, 3.8) is 0 Å². The molecule has 0 amide bonds. The number of aromatic carboxylic acids is 1. The number of aromatic nitrogens is 3. The number of hydrogen-bond donors (Lipinski definition) is 2. The predicted octanol–water partition coefficient (Wildman–Crippen LogP) is -0.888. The molecule has 0 bridgehead atoms. The molecule has 2 heterocycles. The molecule has 2 aromatic heterocycles. The monoisotopic (exact) mass is 202 g/mol. The maximum absolute atomic E-state index is 11.0. The van der Waals surface area contributed by atoms with Crippen LogP contribution in [0.4, 0.5) is 5.82 Å². The van der Waals surface area contributed by atoms with E-state index in [0.29, 0.717) is 5.69 Å². The summed E-state index contributed by atoms with van der Waals surface area (Å²) < 4.78 is 1.38. The second-order valence-electron chi connectivity index (χ2n) is 3.08. The second kappa shape index (κ2) is 2.98. The van der Waals surface area contributed by atoms with Crippen LogP contribution in [0.1, 0.15) is 16.1 Å². The highest BCUT2D eigenvalue weighted by molar-refractivity contribution is 6.38. The first kappa shape index (κ1) is 9.51. The number of rotatable bonds is 1. The van der Waals surface area contributed by atoms with E-state index in [1.807, 2.05) is 0 Å². The summed E-state index contributed by atoms with van der Waals surface area (Å²) in [4.78, 5) is 14.7. The van der Waals surface area contributed by atoms with E-state index in [1.54, 1.807) is 6.92 Å². The predicted molar refractivity (Wildman–Crippen MR) is 54.5 cm³/mol. The van der Waals surface area contributed by atoms with Gasteiger partial charge in [-0.15, -0.1) is 0 Å². The van der Waals surface area contributed by atoms with Crippen molar-refractivity contribution in [1.29, 1.82) is 0 Å². The van der Waals surface area contributed by atoms with Crippen LogP contribution in [0.25, 0.3) is 5.52 Å². The molecular weight excluding hydrogens is 195 g/mol. The zero-order valence-electron chi connectivity index (χ0n) is 7.93. The van der Waals surface area contributed by atoms with Crippen LogP contribution in [0.5, 0.6) is 0 Å². The minimum Gasteiger partial charge on any atom is -0.478 e. The van der Waals surface area contributed by atoms with Crippen LogP contribution in [0.3, 0.4) is 0 Å². The van der Waals surface area contributed by atoms with E-state index >= 15 is 0 Å². The molecule has 74 valence electrons. The van der Waals surface area contributed by atoms with Gasteiger partial charge in [-0.05, 0) is 6.92 Å². The molecule has 7 heteroatoms. The van der Waals surface area contributed by atoms with Gasteiger partial charge in [-0.1, -0.05) is 5.46 Å². The van der Waals surface area contributed by atoms with Gasteiger partial charge in [0.1, 0.15) is 19.7 Å². The summed E-state index contributed by atoms with van der Waals surface area (Å²) in [6.07, 6.45) is 1.25. The zero-order chi connectivity index (χ0) is 11.2. The van der Waals surface area contributed by atoms with Crippen molar-refractivity contribution in [3.05, 3.63) is 17.6 Å². The molecule has 15 heavy (non-hydrogen) atoms. The summed E-state index contributed by atoms with van der Waals surface area (Å²) in [5.41, 5.74) is 6.47. The molecule has 2 aromatic rings. The van der Waals surface area contributed by atoms with Crippen molar-refractivity contribution >= 4 is 30.6 Å². The molecule has 0 saturated heterocycles. The molecule has 0 fully saturated rings. The van der Waals surface area contributed by atoms with Crippen molar-refractivity contribution < 1.29 is 9.90 Å². The lowest BCUT2D eigenvalue weighted by Gasteiger charge is -1.98. The van der Waals surface area contributed by atoms with Crippen LogP contribution in [-0.2, 0) is 0 Å². The Bertz CT molecular complexity index is 563. The van der Waals surface area contributed by atoms with E-state index in [-0.39, 0.29) is 22.4 Å². The molecule has 2 radical (unpaired) electrons. The van der Waals surface area contributed by atoms with Crippen LogP contribution >= 0.6 is 0 Å². The van der Waals surface area contributed by atoms with Crippen molar-refractivity contribution in [1.82, 2.24) is 14.6 Å². The molecule has 0 saturated carbocycles. The number of anilines is 1. The van der Waals surface area contributed by atoms with Gasteiger partial charge in [-0.3, -0.25) is 0 Å². The van der Waals surface area contributed by atoms with E-state index < -0.39 is 5.97 Å². The number of nitrogens with zero attached hydrogens (tertiary/aromatic N) is 3. The minimum atomic E-state index is -1.14. The smallest absolute Gasteiger partial charge is 0.337 e. The average molecular weight is 202 g/mol. The Morgan fingerprint density at radius 1 is 1.67 bits per heavy atom. The number of hydrogen-bond acceptors (Lipinski definition) is 4. The van der Waals surface area contributed by atoms with Gasteiger partial charge in [0.05, 0.1) is 5.56 Å². The van der Waals surface area contributed by atoms with Gasteiger partial charge in [-0.25, -0.2) is 14.3 Å². The third-order valence-electron chi connectivity index (χ3n) is 2.25. The number of fused-ring (bicyclic) bond motifs is 1. The molecule has 0 aliphatic rings. The molecule has 2 rings (SSSR count). The van der Waals surface area contributed by atoms with E-state index in [9.17, 15) is 4.79 Å². The molecular formula is C8H7BN4O2. The van der Waals surface area contributed by atoms with E-state index in [1.165, 1.54) is 10.8 Å². The van der Waals surface area contributed by atoms with Crippen LogP contribution < -0.4 is 11.2 Å². The normalized spacial score (nSPS) is 10.7. The van der Waals surface area contributed by atoms with Crippen molar-refractivity contribution in [3.8, 4) is 0 Å². The van der Waals surface area contributed by atoms with Gasteiger partial charge in [0, 0.05) is 5.69 Å². The van der Waals surface area contributed by atoms with Crippen molar-refractivity contribution in [2.24, 2.45) is 0 Å². The third kappa shape index (κ3) is 1.16. The van der Waals surface area contributed by atoms with Gasteiger partial charge < -0.3 is 10.8 Å². The Kier molecular flexibility index (Phi) is 1.89. The lowest BCUT2D eigenvalue weighted by atomic mass is 9.91. The van der Waals surface area contributed by atoms with Crippen LogP contribution in [0.15, 0.2) is 6.33 Å². The number of nitrogens with two attached hydrogens (primary N) is 1. The highest BCUT2D eigenvalue weighted by atomic mass is 16.4. The quantitative estimate of drug-likeness (QED) is 0.585. The van der Waals surface area contributed by atoms with Crippen LogP contribution in [0, 0.1) is 6.92 Å². The standard InChI is InChI=1S/C8H7BN4O2/c1-3-5(9)4(8(14)15)6-7(10)11-2-12-13(3)6/h2H,1H3,(H,14,15)(H2,10,11,12). The maximum Gasteiger partial charge on any atom is 0.337 e. The second-order valence-corrected chi connectivity index (χ2v) is 3.08. The molecule has 3 N–H and O–H groups in total. The maximum atomic E-state index is 11.0. The molecule has 0 aromatic carbocycles. The topological polar surface area (TPSA) is 93.5 Å². The Morgan fingerprint density at radius 3 is 2.93 bits per heavy atom. The average Bonchev–Trinajstić information content (AvgIpc) is 2.43. The number of carbonyl (C=O) groups is 1. The Morgan fingerprint density at radius 2 is 2.33 bits per heavy atom. The summed E-state index contributed by atoms with van der Waals surface area (Å²) in [5, 5.41) is 12.9. The molecule has 0 unspecified atom stereocenters. The third-order valence-corrected chi connectivity index (χ3v) is 2.25. The van der Waals surface area contributed by atoms with Crippen molar-refractivity contribution in [2.45, 2.75) is 6.92 Å². The van der Waals surface area contributed by atoms with Gasteiger partial charge >= 0.3 is 5.97 Å².